The van der Waals surface area contributed by atoms with Gasteiger partial charge in [0.15, 0.2) is 0 Å². The molecule has 1 fully saturated rings. The molecule has 0 radical (unpaired) electrons. The van der Waals surface area contributed by atoms with Gasteiger partial charge in [-0.3, -0.25) is 4.79 Å². The Bertz CT molecular complexity index is 194. The van der Waals surface area contributed by atoms with Crippen LogP contribution in [0.3, 0.4) is 0 Å². The fourth-order valence-corrected chi connectivity index (χ4v) is 2.29. The Morgan fingerprint density at radius 1 is 1.40 bits per heavy atom. The molecule has 15 heavy (non-hydrogen) atoms. The minimum absolute atomic E-state index is 0.165. The first kappa shape index (κ1) is 12.5. The van der Waals surface area contributed by atoms with Crippen molar-refractivity contribution in [3.63, 3.8) is 0 Å². The molecule has 1 aliphatic carbocycles. The van der Waals surface area contributed by atoms with Gasteiger partial charge in [0.1, 0.15) is 0 Å². The average Bonchev–Trinajstić information content (AvgIpc) is 2.25. The van der Waals surface area contributed by atoms with E-state index in [2.05, 4.69) is 12.2 Å². The maximum Gasteiger partial charge on any atom is 0.220 e. The SMILES string of the molecule is CC1CCCCC1CNC(=O)CCCN. The molecule has 0 aromatic carbocycles. The zero-order valence-electron chi connectivity index (χ0n) is 9.80. The quantitative estimate of drug-likeness (QED) is 0.728. The maximum atomic E-state index is 11.4. The number of carbonyl (C=O) groups excluding carboxylic acids is 1. The molecule has 1 aliphatic rings. The number of hydrogen-bond donors (Lipinski definition) is 2. The van der Waals surface area contributed by atoms with Crippen molar-refractivity contribution < 1.29 is 4.79 Å². The lowest BCUT2D eigenvalue weighted by Crippen LogP contribution is -2.33. The van der Waals surface area contributed by atoms with Gasteiger partial charge in [0.2, 0.25) is 5.91 Å². The minimum atomic E-state index is 0.165. The Kier molecular flexibility index (Phi) is 5.69. The van der Waals surface area contributed by atoms with Crippen LogP contribution in [0.5, 0.6) is 0 Å². The van der Waals surface area contributed by atoms with Crippen LogP contribution >= 0.6 is 0 Å². The molecule has 2 unspecified atom stereocenters. The van der Waals surface area contributed by atoms with Gasteiger partial charge in [0.05, 0.1) is 0 Å². The normalized spacial score (nSPS) is 26.3. The van der Waals surface area contributed by atoms with E-state index in [-0.39, 0.29) is 5.91 Å². The van der Waals surface area contributed by atoms with E-state index in [9.17, 15) is 4.79 Å². The van der Waals surface area contributed by atoms with Crippen LogP contribution in [0.25, 0.3) is 0 Å². The van der Waals surface area contributed by atoms with E-state index in [1.807, 2.05) is 0 Å². The van der Waals surface area contributed by atoms with Gasteiger partial charge in [-0.05, 0) is 31.2 Å². The van der Waals surface area contributed by atoms with Crippen molar-refractivity contribution in [1.82, 2.24) is 5.32 Å². The minimum Gasteiger partial charge on any atom is -0.356 e. The van der Waals surface area contributed by atoms with Gasteiger partial charge >= 0.3 is 0 Å². The van der Waals surface area contributed by atoms with Crippen LogP contribution < -0.4 is 11.1 Å². The van der Waals surface area contributed by atoms with Crippen LogP contribution in [0, 0.1) is 11.8 Å². The predicted molar refractivity (Wildman–Crippen MR) is 62.4 cm³/mol. The molecule has 3 N–H and O–H groups in total. The summed E-state index contributed by atoms with van der Waals surface area (Å²) in [4.78, 5) is 11.4. The Labute approximate surface area is 92.8 Å². The predicted octanol–water partition coefficient (Wildman–Crippen LogP) is 1.67. The van der Waals surface area contributed by atoms with Crippen LogP contribution in [0.15, 0.2) is 0 Å². The zero-order chi connectivity index (χ0) is 11.1. The van der Waals surface area contributed by atoms with Crippen LogP contribution in [-0.2, 0) is 4.79 Å². The number of carbonyl (C=O) groups is 1. The second-order valence-corrected chi connectivity index (χ2v) is 4.72. The highest BCUT2D eigenvalue weighted by Crippen LogP contribution is 2.28. The van der Waals surface area contributed by atoms with Gasteiger partial charge in [-0.15, -0.1) is 0 Å². The molecule has 0 spiro atoms. The number of amides is 1. The van der Waals surface area contributed by atoms with Gasteiger partial charge in [-0.1, -0.05) is 26.2 Å². The van der Waals surface area contributed by atoms with Crippen LogP contribution in [0.4, 0.5) is 0 Å². The fourth-order valence-electron chi connectivity index (χ4n) is 2.29. The summed E-state index contributed by atoms with van der Waals surface area (Å²) in [5.41, 5.74) is 5.36. The summed E-state index contributed by atoms with van der Waals surface area (Å²) in [5, 5.41) is 3.02. The Balaban J connectivity index is 2.14. The van der Waals surface area contributed by atoms with E-state index in [0.717, 1.165) is 18.9 Å². The van der Waals surface area contributed by atoms with Crippen molar-refractivity contribution in [1.29, 1.82) is 0 Å². The summed E-state index contributed by atoms with van der Waals surface area (Å²) in [7, 11) is 0. The number of nitrogens with two attached hydrogens (primary N) is 1. The third kappa shape index (κ3) is 4.65. The summed E-state index contributed by atoms with van der Waals surface area (Å²) in [6.07, 6.45) is 6.66. The largest absolute Gasteiger partial charge is 0.356 e. The van der Waals surface area contributed by atoms with Crippen molar-refractivity contribution in [2.24, 2.45) is 17.6 Å². The molecule has 2 atom stereocenters. The van der Waals surface area contributed by atoms with Gasteiger partial charge < -0.3 is 11.1 Å². The molecule has 0 aromatic heterocycles. The summed E-state index contributed by atoms with van der Waals surface area (Å²) in [5.74, 6) is 1.63. The van der Waals surface area contributed by atoms with Crippen LogP contribution in [0.1, 0.15) is 45.4 Å². The van der Waals surface area contributed by atoms with E-state index in [4.69, 9.17) is 5.73 Å². The van der Waals surface area contributed by atoms with Crippen molar-refractivity contribution >= 4 is 5.91 Å². The highest BCUT2D eigenvalue weighted by molar-refractivity contribution is 5.75. The van der Waals surface area contributed by atoms with Crippen LogP contribution in [0.2, 0.25) is 0 Å². The molecule has 0 saturated heterocycles. The number of rotatable bonds is 5. The average molecular weight is 212 g/mol. The van der Waals surface area contributed by atoms with Gasteiger partial charge in [0, 0.05) is 13.0 Å². The Morgan fingerprint density at radius 2 is 2.13 bits per heavy atom. The molecule has 88 valence electrons. The van der Waals surface area contributed by atoms with Gasteiger partial charge in [-0.25, -0.2) is 0 Å². The Hall–Kier alpha value is -0.570. The summed E-state index contributed by atoms with van der Waals surface area (Å²) < 4.78 is 0. The highest BCUT2D eigenvalue weighted by Gasteiger charge is 2.21. The molecule has 0 heterocycles. The lowest BCUT2D eigenvalue weighted by Gasteiger charge is -2.28. The lowest BCUT2D eigenvalue weighted by molar-refractivity contribution is -0.121. The summed E-state index contributed by atoms with van der Waals surface area (Å²) >= 11 is 0. The first-order valence-electron chi connectivity index (χ1n) is 6.20. The van der Waals surface area contributed by atoms with Crippen LogP contribution in [-0.4, -0.2) is 19.0 Å². The highest BCUT2D eigenvalue weighted by atomic mass is 16.1. The first-order valence-corrected chi connectivity index (χ1v) is 6.20. The van der Waals surface area contributed by atoms with Crippen molar-refractivity contribution in [2.75, 3.05) is 13.1 Å². The molecule has 1 rings (SSSR count). The van der Waals surface area contributed by atoms with Gasteiger partial charge in [-0.2, -0.15) is 0 Å². The molecule has 0 aliphatic heterocycles. The monoisotopic (exact) mass is 212 g/mol. The molecule has 0 bridgehead atoms. The van der Waals surface area contributed by atoms with Crippen molar-refractivity contribution in [2.45, 2.75) is 45.4 Å². The van der Waals surface area contributed by atoms with Gasteiger partial charge in [0.25, 0.3) is 0 Å². The maximum absolute atomic E-state index is 11.4. The fraction of sp³-hybridized carbons (Fsp3) is 0.917. The molecule has 1 saturated carbocycles. The third-order valence-corrected chi connectivity index (χ3v) is 3.46. The van der Waals surface area contributed by atoms with Crippen molar-refractivity contribution in [3.8, 4) is 0 Å². The lowest BCUT2D eigenvalue weighted by atomic mass is 9.80. The smallest absolute Gasteiger partial charge is 0.220 e. The third-order valence-electron chi connectivity index (χ3n) is 3.46. The topological polar surface area (TPSA) is 55.1 Å². The van der Waals surface area contributed by atoms with E-state index in [0.29, 0.717) is 18.9 Å². The molecule has 1 amide bonds. The molecular formula is C12H24N2O. The van der Waals surface area contributed by atoms with Crippen molar-refractivity contribution in [3.05, 3.63) is 0 Å². The van der Waals surface area contributed by atoms with E-state index < -0.39 is 0 Å². The number of nitrogens with one attached hydrogen (secondary N) is 1. The summed E-state index contributed by atoms with van der Waals surface area (Å²) in [6, 6.07) is 0. The number of hydrogen-bond acceptors (Lipinski definition) is 2. The second-order valence-electron chi connectivity index (χ2n) is 4.72. The molecule has 0 aromatic rings. The molecule has 3 nitrogen and oxygen atoms in total. The van der Waals surface area contributed by atoms with E-state index in [1.54, 1.807) is 0 Å². The molecule has 3 heteroatoms. The second kappa shape index (κ2) is 6.83. The summed E-state index contributed by atoms with van der Waals surface area (Å²) in [6.45, 7) is 3.77. The first-order chi connectivity index (χ1) is 7.24. The molecular weight excluding hydrogens is 188 g/mol. The standard InChI is InChI=1S/C12H24N2O/c1-10-5-2-3-6-11(10)9-14-12(15)7-4-8-13/h10-11H,2-9,13H2,1H3,(H,14,15). The van der Waals surface area contributed by atoms with E-state index in [1.165, 1.54) is 25.7 Å². The Morgan fingerprint density at radius 3 is 2.80 bits per heavy atom. The van der Waals surface area contributed by atoms with E-state index >= 15 is 0 Å². The zero-order valence-corrected chi connectivity index (χ0v) is 9.80.